The summed E-state index contributed by atoms with van der Waals surface area (Å²) in [5, 5.41) is 2.97. The van der Waals surface area contributed by atoms with Crippen molar-refractivity contribution in [3.8, 4) is 0 Å². The van der Waals surface area contributed by atoms with Crippen LogP contribution in [-0.2, 0) is 11.3 Å². The van der Waals surface area contributed by atoms with E-state index < -0.39 is 0 Å². The van der Waals surface area contributed by atoms with Gasteiger partial charge in [-0.1, -0.05) is 42.5 Å². The predicted octanol–water partition coefficient (Wildman–Crippen LogP) is 2.58. The van der Waals surface area contributed by atoms with Crippen LogP contribution >= 0.6 is 0 Å². The topological polar surface area (TPSA) is 34.0 Å². The second kappa shape index (κ2) is 4.76. The Labute approximate surface area is 112 Å². The van der Waals surface area contributed by atoms with Crippen LogP contribution in [0.2, 0.25) is 0 Å². The average Bonchev–Trinajstić information content (AvgIpc) is 2.76. The lowest BCUT2D eigenvalue weighted by Gasteiger charge is -2.18. The number of allylic oxidation sites excluding steroid dienone is 7. The molecule has 0 radical (unpaired) electrons. The first kappa shape index (κ1) is 11.8. The van der Waals surface area contributed by atoms with Gasteiger partial charge in [0.05, 0.1) is 12.6 Å². The lowest BCUT2D eigenvalue weighted by atomic mass is 10.0. The number of nitrogens with zero attached hydrogens (tertiary/aromatic N) is 1. The van der Waals surface area contributed by atoms with Crippen molar-refractivity contribution in [1.29, 1.82) is 0 Å². The van der Waals surface area contributed by atoms with Crippen LogP contribution in [0.3, 0.4) is 0 Å². The van der Waals surface area contributed by atoms with E-state index in [1.54, 1.807) is 0 Å². The number of hydrogen-bond acceptors (Lipinski definition) is 1. The Morgan fingerprint density at radius 2 is 1.95 bits per heavy atom. The van der Waals surface area contributed by atoms with E-state index in [4.69, 9.17) is 0 Å². The van der Waals surface area contributed by atoms with Gasteiger partial charge >= 0.3 is 0 Å². The van der Waals surface area contributed by atoms with Gasteiger partial charge in [-0.2, -0.15) is 0 Å². The normalized spacial score (nSPS) is 27.5. The smallest absolute Gasteiger partial charge is 0.249 e. The Kier molecular flexibility index (Phi) is 2.95. The molecule has 3 nitrogen and oxygen atoms in total. The minimum Gasteiger partial charge on any atom is -0.347 e. The Balaban J connectivity index is 2.20. The Morgan fingerprint density at radius 3 is 2.84 bits per heavy atom. The molecule has 1 aliphatic carbocycles. The fourth-order valence-electron chi connectivity index (χ4n) is 2.58. The van der Waals surface area contributed by atoms with Crippen LogP contribution < -0.4 is 5.32 Å². The Bertz CT molecular complexity index is 629. The standard InChI is InChI=1S/C16H16N2O/c1-12-9-10-13-11-17-16(19)14-7-5-3-2-4-6-8-15(14)18(12)13/h2-10,15H,11H2,1H3,(H,17,19)/b4-2-,5-3-,8-6?,14-7+. The van der Waals surface area contributed by atoms with Gasteiger partial charge in [-0.05, 0) is 19.1 Å². The van der Waals surface area contributed by atoms with E-state index in [2.05, 4.69) is 35.0 Å². The summed E-state index contributed by atoms with van der Waals surface area (Å²) in [6, 6.07) is 4.13. The fourth-order valence-corrected chi connectivity index (χ4v) is 2.58. The van der Waals surface area contributed by atoms with Crippen molar-refractivity contribution in [2.45, 2.75) is 19.5 Å². The van der Waals surface area contributed by atoms with Crippen LogP contribution in [0, 0.1) is 6.92 Å². The van der Waals surface area contributed by atoms with Crippen molar-refractivity contribution >= 4 is 5.91 Å². The van der Waals surface area contributed by atoms with E-state index in [0.717, 1.165) is 11.3 Å². The van der Waals surface area contributed by atoms with Crippen molar-refractivity contribution in [3.63, 3.8) is 0 Å². The average molecular weight is 252 g/mol. The number of hydrogen-bond donors (Lipinski definition) is 1. The van der Waals surface area contributed by atoms with Crippen LogP contribution in [0.5, 0.6) is 0 Å². The number of aryl methyl sites for hydroxylation is 1. The minimum absolute atomic E-state index is 0.00398. The number of aromatic nitrogens is 1. The quantitative estimate of drug-likeness (QED) is 0.756. The van der Waals surface area contributed by atoms with Crippen LogP contribution in [0.1, 0.15) is 17.4 Å². The predicted molar refractivity (Wildman–Crippen MR) is 75.6 cm³/mol. The summed E-state index contributed by atoms with van der Waals surface area (Å²) in [6.07, 6.45) is 13.7. The van der Waals surface area contributed by atoms with Gasteiger partial charge in [0.2, 0.25) is 5.91 Å². The van der Waals surface area contributed by atoms with Gasteiger partial charge in [0.1, 0.15) is 0 Å². The Morgan fingerprint density at radius 1 is 1.16 bits per heavy atom. The van der Waals surface area contributed by atoms with Gasteiger partial charge in [-0.3, -0.25) is 4.79 Å². The highest BCUT2D eigenvalue weighted by molar-refractivity contribution is 5.95. The van der Waals surface area contributed by atoms with Crippen molar-refractivity contribution in [1.82, 2.24) is 9.88 Å². The molecule has 1 aliphatic heterocycles. The summed E-state index contributed by atoms with van der Waals surface area (Å²) in [6.45, 7) is 2.65. The maximum absolute atomic E-state index is 12.2. The summed E-state index contributed by atoms with van der Waals surface area (Å²) in [7, 11) is 0. The van der Waals surface area contributed by atoms with Gasteiger partial charge in [-0.15, -0.1) is 0 Å². The van der Waals surface area contributed by atoms with Crippen LogP contribution in [-0.4, -0.2) is 10.5 Å². The lowest BCUT2D eigenvalue weighted by Crippen LogP contribution is -2.23. The number of rotatable bonds is 0. The van der Waals surface area contributed by atoms with Crippen molar-refractivity contribution < 1.29 is 4.79 Å². The largest absolute Gasteiger partial charge is 0.347 e. The fraction of sp³-hybridized carbons (Fsp3) is 0.188. The van der Waals surface area contributed by atoms with Crippen LogP contribution in [0.25, 0.3) is 0 Å². The molecule has 2 heterocycles. The molecule has 2 aliphatic rings. The zero-order chi connectivity index (χ0) is 13.2. The molecule has 19 heavy (non-hydrogen) atoms. The van der Waals surface area contributed by atoms with Gasteiger partial charge < -0.3 is 9.88 Å². The van der Waals surface area contributed by atoms with Crippen molar-refractivity contribution in [2.75, 3.05) is 0 Å². The van der Waals surface area contributed by atoms with Crippen LogP contribution in [0.15, 0.2) is 60.2 Å². The number of fused-ring (bicyclic) bond motifs is 3. The Hall–Kier alpha value is -2.29. The van der Waals surface area contributed by atoms with Gasteiger partial charge in [0.25, 0.3) is 0 Å². The van der Waals surface area contributed by atoms with E-state index in [-0.39, 0.29) is 11.9 Å². The number of carbonyl (C=O) groups is 1. The van der Waals surface area contributed by atoms with E-state index in [9.17, 15) is 4.79 Å². The highest BCUT2D eigenvalue weighted by atomic mass is 16.1. The van der Waals surface area contributed by atoms with E-state index >= 15 is 0 Å². The molecule has 0 spiro atoms. The van der Waals surface area contributed by atoms with E-state index in [1.807, 2.05) is 36.5 Å². The first-order chi connectivity index (χ1) is 9.27. The molecule has 0 saturated heterocycles. The summed E-state index contributed by atoms with van der Waals surface area (Å²) >= 11 is 0. The van der Waals surface area contributed by atoms with E-state index in [1.165, 1.54) is 5.69 Å². The molecule has 96 valence electrons. The van der Waals surface area contributed by atoms with Crippen molar-refractivity contribution in [2.24, 2.45) is 0 Å². The molecule has 1 atom stereocenters. The summed E-state index contributed by atoms with van der Waals surface area (Å²) in [4.78, 5) is 12.2. The minimum atomic E-state index is -0.0418. The first-order valence-electron chi connectivity index (χ1n) is 6.44. The SMILES string of the molecule is Cc1ccc2n1C1C=C\C=C/C=C\C=C/1C(=O)NC2. The molecule has 1 amide bonds. The summed E-state index contributed by atoms with van der Waals surface area (Å²) in [5.74, 6) is 0.00398. The first-order valence-corrected chi connectivity index (χ1v) is 6.44. The third-order valence-corrected chi connectivity index (χ3v) is 3.51. The summed E-state index contributed by atoms with van der Waals surface area (Å²) < 4.78 is 2.22. The zero-order valence-corrected chi connectivity index (χ0v) is 10.8. The molecule has 1 aromatic rings. The van der Waals surface area contributed by atoms with Crippen LogP contribution in [0.4, 0.5) is 0 Å². The second-order valence-electron chi connectivity index (χ2n) is 4.74. The lowest BCUT2D eigenvalue weighted by molar-refractivity contribution is -0.117. The molecule has 0 fully saturated rings. The molecule has 0 aromatic carbocycles. The molecule has 3 rings (SSSR count). The van der Waals surface area contributed by atoms with Crippen molar-refractivity contribution in [3.05, 3.63) is 71.6 Å². The van der Waals surface area contributed by atoms with Gasteiger partial charge in [-0.25, -0.2) is 0 Å². The maximum atomic E-state index is 12.2. The number of carbonyl (C=O) groups excluding carboxylic acids is 1. The third kappa shape index (κ3) is 2.08. The molecule has 1 N–H and O–H groups in total. The van der Waals surface area contributed by atoms with E-state index in [0.29, 0.717) is 6.54 Å². The highest BCUT2D eigenvalue weighted by Crippen LogP contribution is 2.28. The molecular weight excluding hydrogens is 236 g/mol. The number of nitrogens with one attached hydrogen (secondary N) is 1. The summed E-state index contributed by atoms with van der Waals surface area (Å²) in [5.41, 5.74) is 3.07. The van der Waals surface area contributed by atoms with Gasteiger partial charge in [0, 0.05) is 17.0 Å². The molecular formula is C16H16N2O. The number of amides is 1. The maximum Gasteiger partial charge on any atom is 0.249 e. The second-order valence-corrected chi connectivity index (χ2v) is 4.74. The molecule has 1 aromatic heterocycles. The highest BCUT2D eigenvalue weighted by Gasteiger charge is 2.26. The monoisotopic (exact) mass is 252 g/mol. The molecule has 3 heteroatoms. The third-order valence-electron chi connectivity index (χ3n) is 3.51. The van der Waals surface area contributed by atoms with Gasteiger partial charge in [0.15, 0.2) is 0 Å². The molecule has 0 bridgehead atoms. The molecule has 1 unspecified atom stereocenters. The zero-order valence-electron chi connectivity index (χ0n) is 10.8. The molecule has 0 saturated carbocycles.